The van der Waals surface area contributed by atoms with E-state index in [4.69, 9.17) is 5.11 Å². The van der Waals surface area contributed by atoms with Gasteiger partial charge in [0.1, 0.15) is 6.04 Å². The van der Waals surface area contributed by atoms with E-state index in [2.05, 4.69) is 0 Å². The standard InChI is InChI=1S/C11H19NO4/c1-6(2)7(3)10(14)12-5-8(13)4-9(12)11(15)16/h6-9,13H,4-5H2,1-3H3,(H,15,16)/t7?,8?,9-/m0/s1. The van der Waals surface area contributed by atoms with Crippen LogP contribution in [-0.2, 0) is 9.59 Å². The number of carboxylic acid groups (broad SMARTS) is 1. The third-order valence-electron chi connectivity index (χ3n) is 3.24. The molecule has 92 valence electrons. The number of aliphatic hydroxyl groups is 1. The van der Waals surface area contributed by atoms with Crippen LogP contribution in [0.25, 0.3) is 0 Å². The Morgan fingerprint density at radius 3 is 2.31 bits per heavy atom. The summed E-state index contributed by atoms with van der Waals surface area (Å²) in [4.78, 5) is 24.2. The molecular formula is C11H19NO4. The number of aliphatic carboxylic acids is 1. The van der Waals surface area contributed by atoms with Crippen LogP contribution in [0.15, 0.2) is 0 Å². The summed E-state index contributed by atoms with van der Waals surface area (Å²) in [7, 11) is 0. The van der Waals surface area contributed by atoms with Gasteiger partial charge >= 0.3 is 5.97 Å². The minimum Gasteiger partial charge on any atom is -0.480 e. The highest BCUT2D eigenvalue weighted by Crippen LogP contribution is 2.23. The molecule has 0 radical (unpaired) electrons. The molecule has 1 aliphatic rings. The fraction of sp³-hybridized carbons (Fsp3) is 0.818. The molecule has 0 aromatic heterocycles. The summed E-state index contributed by atoms with van der Waals surface area (Å²) < 4.78 is 0. The number of carbonyl (C=O) groups excluding carboxylic acids is 1. The van der Waals surface area contributed by atoms with Crippen LogP contribution in [0.4, 0.5) is 0 Å². The smallest absolute Gasteiger partial charge is 0.326 e. The average Bonchev–Trinajstić information content (AvgIpc) is 2.58. The summed E-state index contributed by atoms with van der Waals surface area (Å²) in [5.74, 6) is -1.27. The number of likely N-dealkylation sites (tertiary alicyclic amines) is 1. The van der Waals surface area contributed by atoms with Gasteiger partial charge in [-0.05, 0) is 5.92 Å². The Labute approximate surface area is 95.1 Å². The SMILES string of the molecule is CC(C)C(C)C(=O)N1CC(O)C[C@H]1C(=O)O. The summed E-state index contributed by atoms with van der Waals surface area (Å²) in [6.07, 6.45) is -0.587. The number of rotatable bonds is 3. The van der Waals surface area contributed by atoms with Gasteiger partial charge in [-0.25, -0.2) is 4.79 Å². The number of nitrogens with zero attached hydrogens (tertiary/aromatic N) is 1. The van der Waals surface area contributed by atoms with Crippen molar-refractivity contribution in [3.8, 4) is 0 Å². The topological polar surface area (TPSA) is 77.8 Å². The van der Waals surface area contributed by atoms with Gasteiger partial charge in [0.25, 0.3) is 0 Å². The Balaban J connectivity index is 2.78. The summed E-state index contributed by atoms with van der Waals surface area (Å²) >= 11 is 0. The lowest BCUT2D eigenvalue weighted by molar-refractivity contribution is -0.150. The predicted molar refractivity (Wildman–Crippen MR) is 57.8 cm³/mol. The Hall–Kier alpha value is -1.10. The summed E-state index contributed by atoms with van der Waals surface area (Å²) in [6.45, 7) is 5.76. The van der Waals surface area contributed by atoms with E-state index < -0.39 is 18.1 Å². The second-order valence-corrected chi connectivity index (χ2v) is 4.77. The highest BCUT2D eigenvalue weighted by molar-refractivity contribution is 5.85. The lowest BCUT2D eigenvalue weighted by atomic mass is 9.96. The highest BCUT2D eigenvalue weighted by atomic mass is 16.4. The molecule has 0 aliphatic carbocycles. The molecule has 1 aliphatic heterocycles. The van der Waals surface area contributed by atoms with E-state index in [1.54, 1.807) is 6.92 Å². The Morgan fingerprint density at radius 2 is 1.88 bits per heavy atom. The van der Waals surface area contributed by atoms with Gasteiger partial charge in [-0.2, -0.15) is 0 Å². The number of β-amino-alcohol motifs (C(OH)–C–C–N with tert-alkyl or cyclic N) is 1. The number of amides is 1. The molecule has 5 heteroatoms. The molecule has 1 fully saturated rings. The van der Waals surface area contributed by atoms with Crippen molar-refractivity contribution in [2.45, 2.75) is 39.3 Å². The van der Waals surface area contributed by atoms with Crippen molar-refractivity contribution in [1.82, 2.24) is 4.90 Å². The van der Waals surface area contributed by atoms with Gasteiger partial charge in [-0.3, -0.25) is 4.79 Å². The molecule has 1 saturated heterocycles. The van der Waals surface area contributed by atoms with Crippen LogP contribution in [0, 0.1) is 11.8 Å². The molecule has 2 N–H and O–H groups in total. The first-order chi connectivity index (χ1) is 7.34. The van der Waals surface area contributed by atoms with Crippen molar-refractivity contribution in [3.05, 3.63) is 0 Å². The Bertz CT molecular complexity index is 290. The molecule has 0 saturated carbocycles. The highest BCUT2D eigenvalue weighted by Gasteiger charge is 2.40. The lowest BCUT2D eigenvalue weighted by Crippen LogP contribution is -2.44. The largest absolute Gasteiger partial charge is 0.480 e. The van der Waals surface area contributed by atoms with Gasteiger partial charge < -0.3 is 15.1 Å². The molecule has 1 heterocycles. The van der Waals surface area contributed by atoms with E-state index in [1.165, 1.54) is 4.90 Å². The minimum absolute atomic E-state index is 0.131. The number of carboxylic acids is 1. The van der Waals surface area contributed by atoms with Crippen LogP contribution in [0.3, 0.4) is 0 Å². The van der Waals surface area contributed by atoms with E-state index in [9.17, 15) is 14.7 Å². The first-order valence-electron chi connectivity index (χ1n) is 5.56. The number of hydrogen-bond donors (Lipinski definition) is 2. The van der Waals surface area contributed by atoms with Gasteiger partial charge in [-0.15, -0.1) is 0 Å². The zero-order chi connectivity index (χ0) is 12.5. The Kier molecular flexibility index (Phi) is 3.91. The molecule has 2 unspecified atom stereocenters. The first-order valence-corrected chi connectivity index (χ1v) is 5.56. The average molecular weight is 229 g/mol. The monoisotopic (exact) mass is 229 g/mol. The van der Waals surface area contributed by atoms with Gasteiger partial charge in [0.15, 0.2) is 0 Å². The van der Waals surface area contributed by atoms with Crippen molar-refractivity contribution in [2.24, 2.45) is 11.8 Å². The van der Waals surface area contributed by atoms with Crippen molar-refractivity contribution in [2.75, 3.05) is 6.54 Å². The minimum atomic E-state index is -1.04. The molecule has 3 atom stereocenters. The molecule has 0 spiro atoms. The Morgan fingerprint density at radius 1 is 1.31 bits per heavy atom. The molecule has 0 aromatic carbocycles. The second kappa shape index (κ2) is 4.82. The van der Waals surface area contributed by atoms with E-state index in [1.807, 2.05) is 13.8 Å². The third kappa shape index (κ3) is 2.52. The van der Waals surface area contributed by atoms with E-state index in [0.29, 0.717) is 0 Å². The van der Waals surface area contributed by atoms with E-state index in [0.717, 1.165) is 0 Å². The van der Waals surface area contributed by atoms with Crippen LogP contribution in [0.2, 0.25) is 0 Å². The van der Waals surface area contributed by atoms with Crippen molar-refractivity contribution in [1.29, 1.82) is 0 Å². The number of aliphatic hydroxyl groups excluding tert-OH is 1. The maximum Gasteiger partial charge on any atom is 0.326 e. The first kappa shape index (κ1) is 13.0. The lowest BCUT2D eigenvalue weighted by Gasteiger charge is -2.26. The van der Waals surface area contributed by atoms with Crippen LogP contribution >= 0.6 is 0 Å². The van der Waals surface area contributed by atoms with Gasteiger partial charge in [0.2, 0.25) is 5.91 Å². The quantitative estimate of drug-likeness (QED) is 0.730. The number of carbonyl (C=O) groups is 2. The van der Waals surface area contributed by atoms with Crippen LogP contribution < -0.4 is 0 Å². The van der Waals surface area contributed by atoms with Gasteiger partial charge in [-0.1, -0.05) is 20.8 Å². The zero-order valence-corrected chi connectivity index (χ0v) is 9.88. The fourth-order valence-electron chi connectivity index (χ4n) is 1.84. The maximum atomic E-state index is 12.0. The summed E-state index contributed by atoms with van der Waals surface area (Å²) in [5.41, 5.74) is 0. The van der Waals surface area contributed by atoms with E-state index >= 15 is 0 Å². The van der Waals surface area contributed by atoms with Crippen molar-refractivity contribution < 1.29 is 19.8 Å². The molecular weight excluding hydrogens is 210 g/mol. The fourth-order valence-corrected chi connectivity index (χ4v) is 1.84. The zero-order valence-electron chi connectivity index (χ0n) is 9.88. The maximum absolute atomic E-state index is 12.0. The van der Waals surface area contributed by atoms with Crippen LogP contribution in [0.1, 0.15) is 27.2 Å². The third-order valence-corrected chi connectivity index (χ3v) is 3.24. The molecule has 5 nitrogen and oxygen atoms in total. The van der Waals surface area contributed by atoms with Gasteiger partial charge in [0.05, 0.1) is 6.10 Å². The summed E-state index contributed by atoms with van der Waals surface area (Å²) in [6, 6.07) is -0.872. The molecule has 1 amide bonds. The predicted octanol–water partition coefficient (Wildman–Crippen LogP) is 0.325. The number of hydrogen-bond acceptors (Lipinski definition) is 3. The second-order valence-electron chi connectivity index (χ2n) is 4.77. The normalized spacial score (nSPS) is 27.2. The molecule has 16 heavy (non-hydrogen) atoms. The van der Waals surface area contributed by atoms with Gasteiger partial charge in [0, 0.05) is 18.9 Å². The van der Waals surface area contributed by atoms with Crippen molar-refractivity contribution in [3.63, 3.8) is 0 Å². The van der Waals surface area contributed by atoms with Crippen LogP contribution in [0.5, 0.6) is 0 Å². The van der Waals surface area contributed by atoms with Crippen molar-refractivity contribution >= 4 is 11.9 Å². The summed E-state index contributed by atoms with van der Waals surface area (Å²) in [5, 5.41) is 18.4. The molecule has 0 bridgehead atoms. The van der Waals surface area contributed by atoms with E-state index in [-0.39, 0.29) is 30.7 Å². The molecule has 1 rings (SSSR count). The molecule has 0 aromatic rings. The van der Waals surface area contributed by atoms with Crippen LogP contribution in [-0.4, -0.2) is 45.7 Å².